The van der Waals surface area contributed by atoms with Crippen LogP contribution in [0.25, 0.3) is 0 Å². The van der Waals surface area contributed by atoms with Crippen molar-refractivity contribution in [3.05, 3.63) is 28.6 Å². The summed E-state index contributed by atoms with van der Waals surface area (Å²) in [6.07, 6.45) is -0.802. The van der Waals surface area contributed by atoms with E-state index in [2.05, 4.69) is 20.9 Å². The summed E-state index contributed by atoms with van der Waals surface area (Å²) in [5.41, 5.74) is 0.650. The fourth-order valence-corrected chi connectivity index (χ4v) is 1.82. The van der Waals surface area contributed by atoms with Crippen LogP contribution in [0.1, 0.15) is 33.6 Å². The summed E-state index contributed by atoms with van der Waals surface area (Å²) in [6.45, 7) is 1.55. The third-order valence-corrected chi connectivity index (χ3v) is 2.48. The number of alkyl halides is 3. The summed E-state index contributed by atoms with van der Waals surface area (Å²) in [7, 11) is 0. The van der Waals surface area contributed by atoms with E-state index >= 15 is 0 Å². The van der Waals surface area contributed by atoms with Gasteiger partial charge in [0, 0.05) is 22.7 Å². The van der Waals surface area contributed by atoms with Gasteiger partial charge < -0.3 is 0 Å². The van der Waals surface area contributed by atoms with Gasteiger partial charge in [0.2, 0.25) is 0 Å². The van der Waals surface area contributed by atoms with Crippen molar-refractivity contribution >= 4 is 22.2 Å². The zero-order valence-corrected chi connectivity index (χ0v) is 9.01. The van der Waals surface area contributed by atoms with Crippen LogP contribution in [0.2, 0.25) is 0 Å². The fourth-order valence-electron chi connectivity index (χ4n) is 1.24. The van der Waals surface area contributed by atoms with Crippen molar-refractivity contribution in [2.45, 2.75) is 18.7 Å². The lowest BCUT2D eigenvalue weighted by atomic mass is 10.0. The Hall–Kier alpha value is -0.840. The quantitative estimate of drug-likeness (QED) is 0.620. The van der Waals surface area contributed by atoms with Crippen molar-refractivity contribution in [2.75, 3.05) is 0 Å². The van der Waals surface area contributed by atoms with E-state index in [0.717, 1.165) is 0 Å². The number of carbonyl (C=O) groups is 1. The van der Waals surface area contributed by atoms with Crippen molar-refractivity contribution in [1.82, 2.24) is 4.98 Å². The second-order valence-electron chi connectivity index (χ2n) is 2.77. The molecule has 0 fully saturated rings. The summed E-state index contributed by atoms with van der Waals surface area (Å²) in [5, 5.41) is 0.204. The van der Waals surface area contributed by atoms with Crippen LogP contribution in [0.5, 0.6) is 0 Å². The molecule has 1 aromatic heterocycles. The molecule has 76 valence electrons. The van der Waals surface area contributed by atoms with E-state index in [1.807, 2.05) is 0 Å². The zero-order valence-electron chi connectivity index (χ0n) is 7.43. The Morgan fingerprint density at radius 2 is 2.29 bits per heavy atom. The second-order valence-corrected chi connectivity index (χ2v) is 3.33. The number of hydrogen-bond acceptors (Lipinski definition) is 2. The Kier molecular flexibility index (Phi) is 3.69. The monoisotopic (exact) mass is 263 g/mol. The summed E-state index contributed by atoms with van der Waals surface area (Å²) in [4.78, 5) is 14.3. The van der Waals surface area contributed by atoms with E-state index in [0.29, 0.717) is 11.8 Å². The third kappa shape index (κ3) is 1.97. The predicted molar refractivity (Wildman–Crippen MR) is 51.9 cm³/mol. The highest BCUT2D eigenvalue weighted by molar-refractivity contribution is 9.08. The van der Waals surface area contributed by atoms with E-state index in [-0.39, 0.29) is 22.2 Å². The van der Waals surface area contributed by atoms with Crippen LogP contribution in [-0.2, 0) is 5.33 Å². The molecule has 2 nitrogen and oxygen atoms in total. The van der Waals surface area contributed by atoms with Crippen LogP contribution in [0.4, 0.5) is 8.78 Å². The molecule has 0 N–H and O–H groups in total. The Morgan fingerprint density at radius 1 is 1.64 bits per heavy atom. The molecule has 0 aliphatic heterocycles. The zero-order chi connectivity index (χ0) is 10.7. The Bertz CT molecular complexity index is 355. The molecule has 5 heteroatoms. The first kappa shape index (κ1) is 11.2. The summed E-state index contributed by atoms with van der Waals surface area (Å²) in [6, 6.07) is 0. The van der Waals surface area contributed by atoms with Crippen LogP contribution in [0.3, 0.4) is 0 Å². The third-order valence-electron chi connectivity index (χ3n) is 1.92. The number of carbonyl (C=O) groups excluding carboxylic acids is 1. The van der Waals surface area contributed by atoms with Crippen LogP contribution in [0.15, 0.2) is 6.20 Å². The Labute approximate surface area is 88.5 Å². The molecule has 1 heterocycles. The number of rotatable bonds is 3. The minimum absolute atomic E-state index is 0.0720. The topological polar surface area (TPSA) is 30.0 Å². The summed E-state index contributed by atoms with van der Waals surface area (Å²) < 4.78 is 25.3. The molecule has 0 amide bonds. The SMILES string of the molecule is Cc1cnc(C=O)c(CBr)c1C(F)F. The van der Waals surface area contributed by atoms with E-state index in [1.165, 1.54) is 6.20 Å². The van der Waals surface area contributed by atoms with Crippen LogP contribution in [-0.4, -0.2) is 11.3 Å². The first-order chi connectivity index (χ1) is 6.61. The highest BCUT2D eigenvalue weighted by Gasteiger charge is 2.18. The Morgan fingerprint density at radius 3 is 2.71 bits per heavy atom. The maximum atomic E-state index is 12.6. The second kappa shape index (κ2) is 4.59. The molecule has 0 spiro atoms. The highest BCUT2D eigenvalue weighted by Crippen LogP contribution is 2.28. The molecule has 0 atom stereocenters. The molecule has 1 aromatic rings. The van der Waals surface area contributed by atoms with Gasteiger partial charge in [-0.1, -0.05) is 15.9 Å². The van der Waals surface area contributed by atoms with Gasteiger partial charge in [-0.2, -0.15) is 0 Å². The molecule has 0 aliphatic carbocycles. The maximum absolute atomic E-state index is 12.6. The number of nitrogens with zero attached hydrogens (tertiary/aromatic N) is 1. The molecule has 0 saturated heterocycles. The minimum Gasteiger partial charge on any atom is -0.296 e. The van der Waals surface area contributed by atoms with Gasteiger partial charge in [-0.15, -0.1) is 0 Å². The van der Waals surface area contributed by atoms with Crippen molar-refractivity contribution in [2.24, 2.45) is 0 Å². The molecule has 14 heavy (non-hydrogen) atoms. The standard InChI is InChI=1S/C9H8BrF2NO/c1-5-3-13-7(4-14)6(2-10)8(5)9(11)12/h3-4,9H,2H2,1H3. The van der Waals surface area contributed by atoms with Gasteiger partial charge in [0.15, 0.2) is 6.29 Å². The van der Waals surface area contributed by atoms with Crippen molar-refractivity contribution in [3.8, 4) is 0 Å². The number of hydrogen-bond donors (Lipinski definition) is 0. The molecule has 0 radical (unpaired) electrons. The average Bonchev–Trinajstić information content (AvgIpc) is 2.16. The van der Waals surface area contributed by atoms with Gasteiger partial charge in [-0.3, -0.25) is 9.78 Å². The number of aryl methyl sites for hydroxylation is 1. The van der Waals surface area contributed by atoms with Crippen molar-refractivity contribution in [3.63, 3.8) is 0 Å². The van der Waals surface area contributed by atoms with Gasteiger partial charge >= 0.3 is 0 Å². The lowest BCUT2D eigenvalue weighted by Gasteiger charge is -2.10. The minimum atomic E-state index is -2.58. The molecule has 0 aromatic carbocycles. The molecular formula is C9H8BrF2NO. The van der Waals surface area contributed by atoms with Gasteiger partial charge in [0.1, 0.15) is 5.69 Å². The number of pyridine rings is 1. The summed E-state index contributed by atoms with van der Waals surface area (Å²) in [5.74, 6) is 0. The van der Waals surface area contributed by atoms with E-state index in [9.17, 15) is 13.6 Å². The van der Waals surface area contributed by atoms with E-state index < -0.39 is 6.43 Å². The van der Waals surface area contributed by atoms with Crippen molar-refractivity contribution in [1.29, 1.82) is 0 Å². The molecule has 0 aliphatic rings. The van der Waals surface area contributed by atoms with Gasteiger partial charge in [-0.25, -0.2) is 8.78 Å². The first-order valence-corrected chi connectivity index (χ1v) is 5.01. The predicted octanol–water partition coefficient (Wildman–Crippen LogP) is 3.04. The molecular weight excluding hydrogens is 256 g/mol. The number of halogens is 3. The highest BCUT2D eigenvalue weighted by atomic mass is 79.9. The summed E-state index contributed by atoms with van der Waals surface area (Å²) >= 11 is 3.07. The molecule has 0 unspecified atom stereocenters. The fraction of sp³-hybridized carbons (Fsp3) is 0.333. The smallest absolute Gasteiger partial charge is 0.264 e. The Balaban J connectivity index is 3.42. The van der Waals surface area contributed by atoms with E-state index in [4.69, 9.17) is 0 Å². The maximum Gasteiger partial charge on any atom is 0.264 e. The normalized spacial score (nSPS) is 10.6. The van der Waals surface area contributed by atoms with Crippen LogP contribution in [0, 0.1) is 6.92 Å². The van der Waals surface area contributed by atoms with Crippen molar-refractivity contribution < 1.29 is 13.6 Å². The molecule has 0 bridgehead atoms. The van der Waals surface area contributed by atoms with Gasteiger partial charge in [0.05, 0.1) is 0 Å². The van der Waals surface area contributed by atoms with Crippen LogP contribution < -0.4 is 0 Å². The first-order valence-electron chi connectivity index (χ1n) is 3.89. The average molecular weight is 264 g/mol. The molecule has 0 saturated carbocycles. The lowest BCUT2D eigenvalue weighted by Crippen LogP contribution is -2.03. The van der Waals surface area contributed by atoms with E-state index in [1.54, 1.807) is 6.92 Å². The van der Waals surface area contributed by atoms with Crippen LogP contribution >= 0.6 is 15.9 Å². The van der Waals surface area contributed by atoms with Gasteiger partial charge in [-0.05, 0) is 12.5 Å². The van der Waals surface area contributed by atoms with Gasteiger partial charge in [0.25, 0.3) is 6.43 Å². The largest absolute Gasteiger partial charge is 0.296 e. The number of aromatic nitrogens is 1. The molecule has 1 rings (SSSR count). The number of aldehydes is 1. The lowest BCUT2D eigenvalue weighted by molar-refractivity contribution is 0.111.